The number of amides is 1. The number of carboxylic acid groups (broad SMARTS) is 1. The van der Waals surface area contributed by atoms with Gasteiger partial charge in [0.05, 0.1) is 12.1 Å². The molecular weight excluding hydrogens is 302 g/mol. The van der Waals surface area contributed by atoms with Crippen LogP contribution < -0.4 is 5.32 Å². The maximum atomic E-state index is 12.2. The summed E-state index contributed by atoms with van der Waals surface area (Å²) in [5, 5.41) is 11.5. The number of allylic oxidation sites excluding steroid dienone is 1. The second-order valence-corrected chi connectivity index (χ2v) is 5.92. The van der Waals surface area contributed by atoms with Crippen molar-refractivity contribution in [2.45, 2.75) is 24.8 Å². The van der Waals surface area contributed by atoms with Crippen molar-refractivity contribution in [2.24, 2.45) is 0 Å². The number of methoxy groups -OCH3 is 1. The summed E-state index contributed by atoms with van der Waals surface area (Å²) < 4.78 is 4.79. The molecule has 0 saturated carbocycles. The Bertz CT molecular complexity index is 553. The van der Waals surface area contributed by atoms with Gasteiger partial charge in [-0.15, -0.1) is 11.8 Å². The van der Waals surface area contributed by atoms with E-state index in [4.69, 9.17) is 9.84 Å². The van der Waals surface area contributed by atoms with Crippen LogP contribution in [-0.2, 0) is 9.53 Å². The van der Waals surface area contributed by atoms with Gasteiger partial charge in [-0.3, -0.25) is 4.79 Å². The molecule has 0 aliphatic heterocycles. The zero-order valence-electron chi connectivity index (χ0n) is 13.0. The lowest BCUT2D eigenvalue weighted by Gasteiger charge is -2.13. The van der Waals surface area contributed by atoms with E-state index in [1.807, 2.05) is 26.0 Å². The van der Waals surface area contributed by atoms with E-state index in [2.05, 4.69) is 11.4 Å². The second-order valence-electron chi connectivity index (χ2n) is 4.86. The van der Waals surface area contributed by atoms with Crippen molar-refractivity contribution in [3.63, 3.8) is 0 Å². The first kappa shape index (κ1) is 18.3. The molecule has 0 saturated heterocycles. The Labute approximate surface area is 134 Å². The lowest BCUT2D eigenvalue weighted by molar-refractivity contribution is -0.148. The summed E-state index contributed by atoms with van der Waals surface area (Å²) in [5.41, 5.74) is 1.76. The zero-order valence-corrected chi connectivity index (χ0v) is 13.8. The number of rotatable bonds is 8. The molecule has 1 aromatic rings. The molecule has 5 nitrogen and oxygen atoms in total. The quantitative estimate of drug-likeness (QED) is 0.568. The molecule has 0 aromatic heterocycles. The topological polar surface area (TPSA) is 75.6 Å². The van der Waals surface area contributed by atoms with E-state index in [9.17, 15) is 9.59 Å². The molecular formula is C16H21NO4S. The smallest absolute Gasteiger partial charge is 0.334 e. The van der Waals surface area contributed by atoms with Gasteiger partial charge < -0.3 is 15.2 Å². The Hall–Kier alpha value is -1.79. The molecule has 1 aromatic carbocycles. The van der Waals surface area contributed by atoms with Crippen molar-refractivity contribution in [2.75, 3.05) is 19.4 Å². The SMILES string of the molecule is COC(CNC(=O)c1ccccc1SCC=C(C)C)C(=O)O. The number of nitrogens with one attached hydrogen (secondary N) is 1. The molecule has 6 heteroatoms. The second kappa shape index (κ2) is 9.27. The number of ether oxygens (including phenoxy) is 1. The first-order valence-electron chi connectivity index (χ1n) is 6.84. The van der Waals surface area contributed by atoms with Gasteiger partial charge in [0.25, 0.3) is 5.91 Å². The molecule has 0 spiro atoms. The van der Waals surface area contributed by atoms with Crippen LogP contribution in [0.15, 0.2) is 40.8 Å². The van der Waals surface area contributed by atoms with Crippen molar-refractivity contribution < 1.29 is 19.4 Å². The van der Waals surface area contributed by atoms with Gasteiger partial charge in [0.2, 0.25) is 0 Å². The predicted octanol–water partition coefficient (Wildman–Crippen LogP) is 2.57. The third-order valence-electron chi connectivity index (χ3n) is 2.87. The third-order valence-corrected chi connectivity index (χ3v) is 3.87. The van der Waals surface area contributed by atoms with E-state index in [1.54, 1.807) is 23.9 Å². The number of hydrogen-bond acceptors (Lipinski definition) is 4. The number of carboxylic acids is 1. The minimum absolute atomic E-state index is 0.0718. The Morgan fingerprint density at radius 1 is 1.36 bits per heavy atom. The van der Waals surface area contributed by atoms with Crippen molar-refractivity contribution >= 4 is 23.6 Å². The van der Waals surface area contributed by atoms with Crippen molar-refractivity contribution in [1.29, 1.82) is 0 Å². The summed E-state index contributed by atoms with van der Waals surface area (Å²) in [6, 6.07) is 7.26. The van der Waals surface area contributed by atoms with E-state index in [1.165, 1.54) is 12.7 Å². The fourth-order valence-corrected chi connectivity index (χ4v) is 2.72. The standard InChI is InChI=1S/C16H21NO4S/c1-11(2)8-9-22-14-7-5-4-6-12(14)15(18)17-10-13(21-3)16(19)20/h4-8,13H,9-10H2,1-3H3,(H,17,18)(H,19,20). The van der Waals surface area contributed by atoms with Gasteiger partial charge in [-0.25, -0.2) is 4.79 Å². The van der Waals surface area contributed by atoms with Crippen LogP contribution >= 0.6 is 11.8 Å². The molecule has 0 heterocycles. The molecule has 0 radical (unpaired) electrons. The summed E-state index contributed by atoms with van der Waals surface area (Å²) in [6.07, 6.45) is 1.04. The van der Waals surface area contributed by atoms with Gasteiger partial charge in [-0.1, -0.05) is 23.8 Å². The maximum Gasteiger partial charge on any atom is 0.334 e. The van der Waals surface area contributed by atoms with Gasteiger partial charge >= 0.3 is 5.97 Å². The van der Waals surface area contributed by atoms with E-state index < -0.39 is 12.1 Å². The van der Waals surface area contributed by atoms with E-state index in [0.717, 1.165) is 10.6 Å². The maximum absolute atomic E-state index is 12.2. The van der Waals surface area contributed by atoms with E-state index >= 15 is 0 Å². The number of carbonyl (C=O) groups is 2. The molecule has 120 valence electrons. The van der Waals surface area contributed by atoms with Crippen LogP contribution in [0.4, 0.5) is 0 Å². The number of aliphatic carboxylic acids is 1. The van der Waals surface area contributed by atoms with Crippen molar-refractivity contribution in [1.82, 2.24) is 5.32 Å². The van der Waals surface area contributed by atoms with Crippen LogP contribution in [0.2, 0.25) is 0 Å². The van der Waals surface area contributed by atoms with Gasteiger partial charge in [-0.05, 0) is 26.0 Å². The number of carbonyl (C=O) groups excluding carboxylic acids is 1. The lowest BCUT2D eigenvalue weighted by atomic mass is 10.2. The van der Waals surface area contributed by atoms with Crippen LogP contribution in [0.1, 0.15) is 24.2 Å². The average molecular weight is 323 g/mol. The molecule has 22 heavy (non-hydrogen) atoms. The van der Waals surface area contributed by atoms with Crippen molar-refractivity contribution in [3.05, 3.63) is 41.5 Å². The zero-order chi connectivity index (χ0) is 16.5. The fourth-order valence-electron chi connectivity index (χ4n) is 1.63. The van der Waals surface area contributed by atoms with Gasteiger partial charge in [0.15, 0.2) is 6.10 Å². The summed E-state index contributed by atoms with van der Waals surface area (Å²) in [6.45, 7) is 3.98. The van der Waals surface area contributed by atoms with Gasteiger partial charge in [-0.2, -0.15) is 0 Å². The Morgan fingerprint density at radius 3 is 2.64 bits per heavy atom. The third kappa shape index (κ3) is 5.91. The van der Waals surface area contributed by atoms with E-state index in [0.29, 0.717) is 5.56 Å². The largest absolute Gasteiger partial charge is 0.479 e. The average Bonchev–Trinajstić information content (AvgIpc) is 2.47. The Morgan fingerprint density at radius 2 is 2.05 bits per heavy atom. The molecule has 0 aliphatic carbocycles. The summed E-state index contributed by atoms with van der Waals surface area (Å²) in [4.78, 5) is 23.9. The van der Waals surface area contributed by atoms with Crippen molar-refractivity contribution in [3.8, 4) is 0 Å². The Kier molecular flexibility index (Phi) is 7.70. The predicted molar refractivity (Wildman–Crippen MR) is 87.4 cm³/mol. The number of benzene rings is 1. The first-order valence-corrected chi connectivity index (χ1v) is 7.83. The minimum Gasteiger partial charge on any atom is -0.479 e. The van der Waals surface area contributed by atoms with Crippen LogP contribution in [0.25, 0.3) is 0 Å². The molecule has 1 rings (SSSR count). The molecule has 1 amide bonds. The van der Waals surface area contributed by atoms with Gasteiger partial charge in [0, 0.05) is 17.8 Å². The highest BCUT2D eigenvalue weighted by Gasteiger charge is 2.18. The summed E-state index contributed by atoms with van der Waals surface area (Å²) >= 11 is 1.57. The molecule has 0 bridgehead atoms. The van der Waals surface area contributed by atoms with E-state index in [-0.39, 0.29) is 12.5 Å². The lowest BCUT2D eigenvalue weighted by Crippen LogP contribution is -2.38. The Balaban J connectivity index is 2.72. The van der Waals surface area contributed by atoms with Crippen LogP contribution in [0.3, 0.4) is 0 Å². The highest BCUT2D eigenvalue weighted by Crippen LogP contribution is 2.23. The van der Waals surface area contributed by atoms with Crippen LogP contribution in [0, 0.1) is 0 Å². The molecule has 1 atom stereocenters. The molecule has 1 unspecified atom stereocenters. The number of hydrogen-bond donors (Lipinski definition) is 2. The van der Waals surface area contributed by atoms with Crippen LogP contribution in [0.5, 0.6) is 0 Å². The minimum atomic E-state index is -1.10. The van der Waals surface area contributed by atoms with Crippen LogP contribution in [-0.4, -0.2) is 42.5 Å². The highest BCUT2D eigenvalue weighted by atomic mass is 32.2. The molecule has 0 aliphatic rings. The fraction of sp³-hybridized carbons (Fsp3) is 0.375. The monoisotopic (exact) mass is 323 g/mol. The highest BCUT2D eigenvalue weighted by molar-refractivity contribution is 7.99. The summed E-state index contributed by atoms with van der Waals surface area (Å²) in [5.74, 6) is -0.625. The first-order chi connectivity index (χ1) is 10.5. The van der Waals surface area contributed by atoms with Gasteiger partial charge in [0.1, 0.15) is 0 Å². The summed E-state index contributed by atoms with van der Waals surface area (Å²) in [7, 11) is 1.30. The molecule has 0 fully saturated rings. The molecule has 2 N–H and O–H groups in total. The normalized spacial score (nSPS) is 11.6. The number of thioether (sulfide) groups is 1.